The molecule has 1 unspecified atom stereocenters. The first-order valence-electron chi connectivity index (χ1n) is 8.75. The third-order valence-corrected chi connectivity index (χ3v) is 4.22. The summed E-state index contributed by atoms with van der Waals surface area (Å²) in [5, 5.41) is 13.9. The molecule has 0 aliphatic rings. The zero-order chi connectivity index (χ0) is 20.0. The Morgan fingerprint density at radius 2 is 1.67 bits per heavy atom. The Balaban J connectivity index is 2.16. The molecule has 0 saturated heterocycles. The quantitative estimate of drug-likeness (QED) is 0.453. The molecule has 1 N–H and O–H groups in total. The number of benzene rings is 2. The predicted molar refractivity (Wildman–Crippen MR) is 102 cm³/mol. The highest BCUT2D eigenvalue weighted by Gasteiger charge is 2.25. The van der Waals surface area contributed by atoms with Gasteiger partial charge in [0.2, 0.25) is 0 Å². The Morgan fingerprint density at radius 1 is 1.07 bits per heavy atom. The zero-order valence-corrected chi connectivity index (χ0v) is 15.5. The number of hydrogen-bond acceptors (Lipinski definition) is 5. The molecule has 0 aliphatic carbocycles. The molecule has 0 bridgehead atoms. The van der Waals surface area contributed by atoms with Crippen LogP contribution in [-0.2, 0) is 22.4 Å². The van der Waals surface area contributed by atoms with E-state index in [0.717, 1.165) is 29.7 Å². The monoisotopic (exact) mass is 370 g/mol. The molecule has 27 heavy (non-hydrogen) atoms. The molecule has 7 heteroatoms. The van der Waals surface area contributed by atoms with Gasteiger partial charge in [-0.25, -0.2) is 4.79 Å². The van der Waals surface area contributed by atoms with Gasteiger partial charge >= 0.3 is 5.97 Å². The van der Waals surface area contributed by atoms with Crippen LogP contribution in [0.15, 0.2) is 42.5 Å². The number of anilines is 1. The van der Waals surface area contributed by atoms with Crippen molar-refractivity contribution < 1.29 is 19.2 Å². The molecule has 0 spiro atoms. The van der Waals surface area contributed by atoms with Gasteiger partial charge in [-0.2, -0.15) is 0 Å². The number of nitro benzene ring substituents is 1. The molecule has 0 aromatic heterocycles. The van der Waals surface area contributed by atoms with E-state index < -0.39 is 22.9 Å². The van der Waals surface area contributed by atoms with E-state index in [1.807, 2.05) is 32.0 Å². The third-order valence-electron chi connectivity index (χ3n) is 4.22. The van der Waals surface area contributed by atoms with Crippen molar-refractivity contribution in [2.45, 2.75) is 39.7 Å². The van der Waals surface area contributed by atoms with E-state index in [9.17, 15) is 19.7 Å². The first kappa shape index (κ1) is 20.1. The lowest BCUT2D eigenvalue weighted by molar-refractivity contribution is -0.385. The van der Waals surface area contributed by atoms with Crippen molar-refractivity contribution in [1.82, 2.24) is 0 Å². The van der Waals surface area contributed by atoms with E-state index in [4.69, 9.17) is 4.74 Å². The van der Waals surface area contributed by atoms with E-state index in [1.54, 1.807) is 0 Å². The number of ether oxygens (including phenoxy) is 1. The highest BCUT2D eigenvalue weighted by molar-refractivity contribution is 5.99. The summed E-state index contributed by atoms with van der Waals surface area (Å²) in [4.78, 5) is 35.2. The van der Waals surface area contributed by atoms with Crippen molar-refractivity contribution in [2.75, 3.05) is 5.32 Å². The maximum Gasteiger partial charge on any atom is 0.345 e. The van der Waals surface area contributed by atoms with Crippen LogP contribution in [0.25, 0.3) is 0 Å². The smallest absolute Gasteiger partial charge is 0.345 e. The Morgan fingerprint density at radius 3 is 2.22 bits per heavy atom. The number of esters is 1. The van der Waals surface area contributed by atoms with Crippen LogP contribution < -0.4 is 5.32 Å². The van der Waals surface area contributed by atoms with Crippen molar-refractivity contribution in [1.29, 1.82) is 0 Å². The molecular formula is C20H22N2O5. The lowest BCUT2D eigenvalue weighted by atomic mass is 10.0. The largest absolute Gasteiger partial charge is 0.449 e. The second kappa shape index (κ2) is 8.93. The number of nitrogens with one attached hydrogen (secondary N) is 1. The van der Waals surface area contributed by atoms with E-state index in [1.165, 1.54) is 31.2 Å². The second-order valence-electron chi connectivity index (χ2n) is 5.97. The van der Waals surface area contributed by atoms with Crippen LogP contribution in [0.1, 0.15) is 42.3 Å². The Hall–Kier alpha value is -3.22. The Labute approximate surface area is 157 Å². The lowest BCUT2D eigenvalue weighted by Crippen LogP contribution is -2.31. The average molecular weight is 370 g/mol. The summed E-state index contributed by atoms with van der Waals surface area (Å²) in [5.74, 6) is -1.40. The maximum absolute atomic E-state index is 12.5. The third kappa shape index (κ3) is 4.69. The summed E-state index contributed by atoms with van der Waals surface area (Å²) in [5.41, 5.74) is 2.14. The van der Waals surface area contributed by atoms with Gasteiger partial charge in [0, 0.05) is 11.8 Å². The number of nitrogens with zero attached hydrogens (tertiary/aromatic N) is 1. The van der Waals surface area contributed by atoms with Gasteiger partial charge < -0.3 is 10.1 Å². The first-order chi connectivity index (χ1) is 12.9. The highest BCUT2D eigenvalue weighted by Crippen LogP contribution is 2.23. The minimum absolute atomic E-state index is 0.189. The minimum Gasteiger partial charge on any atom is -0.449 e. The minimum atomic E-state index is -1.10. The first-order valence-corrected chi connectivity index (χ1v) is 8.75. The molecule has 0 saturated carbocycles. The molecule has 2 rings (SSSR count). The number of para-hydroxylation sites is 2. The number of hydrogen-bond donors (Lipinski definition) is 1. The van der Waals surface area contributed by atoms with Crippen LogP contribution in [0.4, 0.5) is 11.4 Å². The molecule has 0 fully saturated rings. The molecule has 7 nitrogen and oxygen atoms in total. The number of aryl methyl sites for hydroxylation is 2. The maximum atomic E-state index is 12.5. The van der Waals surface area contributed by atoms with Gasteiger partial charge in [-0.05, 0) is 37.0 Å². The number of carbonyl (C=O) groups is 2. The summed E-state index contributed by atoms with van der Waals surface area (Å²) in [7, 11) is 0. The molecule has 1 atom stereocenters. The summed E-state index contributed by atoms with van der Waals surface area (Å²) in [6, 6.07) is 11.3. The number of amides is 1. The number of rotatable bonds is 7. The summed E-state index contributed by atoms with van der Waals surface area (Å²) < 4.78 is 5.15. The van der Waals surface area contributed by atoms with Gasteiger partial charge in [0.15, 0.2) is 6.10 Å². The van der Waals surface area contributed by atoms with Crippen molar-refractivity contribution in [2.24, 2.45) is 0 Å². The normalized spacial score (nSPS) is 11.5. The van der Waals surface area contributed by atoms with Gasteiger partial charge in [0.25, 0.3) is 11.6 Å². The van der Waals surface area contributed by atoms with Gasteiger partial charge in [-0.15, -0.1) is 0 Å². The lowest BCUT2D eigenvalue weighted by Gasteiger charge is -2.17. The second-order valence-corrected chi connectivity index (χ2v) is 5.97. The van der Waals surface area contributed by atoms with Gasteiger partial charge in [-0.3, -0.25) is 14.9 Å². The molecule has 2 aromatic rings. The zero-order valence-electron chi connectivity index (χ0n) is 15.5. The summed E-state index contributed by atoms with van der Waals surface area (Å²) in [6.07, 6.45) is 0.383. The van der Waals surface area contributed by atoms with Crippen LogP contribution in [0, 0.1) is 10.1 Å². The van der Waals surface area contributed by atoms with Crippen LogP contribution >= 0.6 is 0 Å². The molecular weight excluding hydrogens is 348 g/mol. The molecule has 0 heterocycles. The average Bonchev–Trinajstić information content (AvgIpc) is 2.67. The molecule has 142 valence electrons. The van der Waals surface area contributed by atoms with E-state index in [-0.39, 0.29) is 11.3 Å². The number of nitro groups is 1. The summed E-state index contributed by atoms with van der Waals surface area (Å²) >= 11 is 0. The van der Waals surface area contributed by atoms with Crippen LogP contribution in [0.3, 0.4) is 0 Å². The predicted octanol–water partition coefficient (Wildman–Crippen LogP) is 3.90. The molecule has 1 amide bonds. The Kier molecular flexibility index (Phi) is 6.65. The van der Waals surface area contributed by atoms with Crippen molar-refractivity contribution in [3.63, 3.8) is 0 Å². The topological polar surface area (TPSA) is 98.5 Å². The van der Waals surface area contributed by atoms with Crippen LogP contribution in [0.5, 0.6) is 0 Å². The van der Waals surface area contributed by atoms with Crippen molar-refractivity contribution in [3.8, 4) is 0 Å². The number of carbonyl (C=O) groups excluding carboxylic acids is 2. The molecule has 0 radical (unpaired) electrons. The fourth-order valence-electron chi connectivity index (χ4n) is 2.71. The fraction of sp³-hybridized carbons (Fsp3) is 0.300. The van der Waals surface area contributed by atoms with Gasteiger partial charge in [0.1, 0.15) is 5.56 Å². The Bertz CT molecular complexity index is 841. The van der Waals surface area contributed by atoms with Crippen LogP contribution in [0.2, 0.25) is 0 Å². The molecule has 2 aromatic carbocycles. The summed E-state index contributed by atoms with van der Waals surface area (Å²) in [6.45, 7) is 5.41. The van der Waals surface area contributed by atoms with Gasteiger partial charge in [-0.1, -0.05) is 44.2 Å². The van der Waals surface area contributed by atoms with E-state index >= 15 is 0 Å². The van der Waals surface area contributed by atoms with Crippen molar-refractivity contribution in [3.05, 3.63) is 69.3 Å². The highest BCUT2D eigenvalue weighted by atomic mass is 16.6. The van der Waals surface area contributed by atoms with Crippen LogP contribution in [-0.4, -0.2) is 22.9 Å². The molecule has 0 aliphatic heterocycles. The van der Waals surface area contributed by atoms with E-state index in [2.05, 4.69) is 5.32 Å². The van der Waals surface area contributed by atoms with Gasteiger partial charge in [0.05, 0.1) is 4.92 Å². The fourth-order valence-corrected chi connectivity index (χ4v) is 2.71. The van der Waals surface area contributed by atoms with E-state index in [0.29, 0.717) is 0 Å². The van der Waals surface area contributed by atoms with Crippen molar-refractivity contribution >= 4 is 23.3 Å². The standard InChI is InChI=1S/C20H22N2O5/c1-4-14-9-8-10-15(5-2)18(14)21-19(23)13(3)27-20(24)16-11-6-7-12-17(16)22(25)26/h6-13H,4-5H2,1-3H3,(H,21,23). The SMILES string of the molecule is CCc1cccc(CC)c1NC(=O)C(C)OC(=O)c1ccccc1[N+](=O)[O-].